The molecule has 140 valence electrons. The van der Waals surface area contributed by atoms with Gasteiger partial charge in [-0.25, -0.2) is 4.98 Å². The molecule has 8 heteroatoms. The highest BCUT2D eigenvalue weighted by Crippen LogP contribution is 2.33. The maximum absolute atomic E-state index is 12.7. The Morgan fingerprint density at radius 1 is 1.31 bits per heavy atom. The highest BCUT2D eigenvalue weighted by molar-refractivity contribution is 7.13. The summed E-state index contributed by atoms with van der Waals surface area (Å²) in [6.07, 6.45) is -1.67. The molecule has 1 aliphatic rings. The van der Waals surface area contributed by atoms with Crippen molar-refractivity contribution in [2.24, 2.45) is 5.73 Å². The lowest BCUT2D eigenvalue weighted by Gasteiger charge is -2.42. The molecular formula is C18H20F3N3OS. The van der Waals surface area contributed by atoms with Crippen LogP contribution < -0.4 is 5.73 Å². The lowest BCUT2D eigenvalue weighted by atomic mass is 9.87. The van der Waals surface area contributed by atoms with E-state index in [1.54, 1.807) is 0 Å². The normalized spacial score (nSPS) is 21.7. The molecule has 4 nitrogen and oxygen atoms in total. The van der Waals surface area contributed by atoms with Gasteiger partial charge in [0, 0.05) is 17.5 Å². The first-order valence-corrected chi connectivity index (χ1v) is 9.25. The Bertz CT molecular complexity index is 788. The first-order chi connectivity index (χ1) is 12.2. The van der Waals surface area contributed by atoms with Crippen molar-refractivity contribution in [2.75, 3.05) is 6.54 Å². The van der Waals surface area contributed by atoms with Crippen molar-refractivity contribution in [1.29, 1.82) is 0 Å². The Kier molecular flexibility index (Phi) is 5.07. The van der Waals surface area contributed by atoms with Crippen LogP contribution in [0.5, 0.6) is 0 Å². The molecule has 0 aliphatic carbocycles. The van der Waals surface area contributed by atoms with E-state index in [4.69, 9.17) is 5.73 Å². The zero-order chi connectivity index (χ0) is 18.9. The van der Waals surface area contributed by atoms with E-state index in [0.717, 1.165) is 43.6 Å². The fraction of sp³-hybridized carbons (Fsp3) is 0.444. The standard InChI is InChI=1S/C18H20F3N3OS/c1-17(16(22)25)8-2-3-9-24(17)10-14-11-26-15(23-14)12-4-6-13(7-5-12)18(19,20)21/h4-7,11H,2-3,8-10H2,1H3,(H2,22,25). The molecule has 1 amide bonds. The Hall–Kier alpha value is -1.93. The van der Waals surface area contributed by atoms with E-state index >= 15 is 0 Å². The first kappa shape index (κ1) is 18.8. The summed E-state index contributed by atoms with van der Waals surface area (Å²) >= 11 is 1.38. The molecule has 0 radical (unpaired) electrons. The third-order valence-corrected chi connectivity index (χ3v) is 5.87. The number of benzene rings is 1. The fourth-order valence-corrected chi connectivity index (χ4v) is 4.04. The zero-order valence-electron chi connectivity index (χ0n) is 14.3. The number of primary amides is 1. The SMILES string of the molecule is CC1(C(N)=O)CCCCN1Cc1csc(-c2ccc(C(F)(F)F)cc2)n1. The van der Waals surface area contributed by atoms with Crippen molar-refractivity contribution in [1.82, 2.24) is 9.88 Å². The van der Waals surface area contributed by atoms with Gasteiger partial charge in [-0.3, -0.25) is 9.69 Å². The third-order valence-electron chi connectivity index (χ3n) is 4.93. The summed E-state index contributed by atoms with van der Waals surface area (Å²) in [7, 11) is 0. The van der Waals surface area contributed by atoms with Crippen LogP contribution in [0.25, 0.3) is 10.6 Å². The number of thiazole rings is 1. The number of carbonyl (C=O) groups is 1. The van der Waals surface area contributed by atoms with Crippen molar-refractivity contribution in [3.63, 3.8) is 0 Å². The average molecular weight is 383 g/mol. The van der Waals surface area contributed by atoms with Crippen LogP contribution >= 0.6 is 11.3 Å². The van der Waals surface area contributed by atoms with Gasteiger partial charge in [-0.1, -0.05) is 12.1 Å². The van der Waals surface area contributed by atoms with Crippen LogP contribution in [-0.2, 0) is 17.5 Å². The molecule has 1 atom stereocenters. The van der Waals surface area contributed by atoms with E-state index in [1.807, 2.05) is 17.2 Å². The van der Waals surface area contributed by atoms with E-state index in [2.05, 4.69) is 4.98 Å². The van der Waals surface area contributed by atoms with E-state index < -0.39 is 17.3 Å². The second-order valence-corrected chi connectivity index (χ2v) is 7.59. The summed E-state index contributed by atoms with van der Waals surface area (Å²) in [5, 5.41) is 2.54. The Morgan fingerprint density at radius 3 is 2.62 bits per heavy atom. The van der Waals surface area contributed by atoms with Crippen molar-refractivity contribution >= 4 is 17.2 Å². The molecular weight excluding hydrogens is 363 g/mol. The number of hydrogen-bond acceptors (Lipinski definition) is 4. The quantitative estimate of drug-likeness (QED) is 0.866. The number of halogens is 3. The van der Waals surface area contributed by atoms with Gasteiger partial charge in [-0.2, -0.15) is 13.2 Å². The summed E-state index contributed by atoms with van der Waals surface area (Å²) in [6.45, 7) is 3.13. The number of nitrogens with two attached hydrogens (primary N) is 1. The molecule has 0 saturated carbocycles. The summed E-state index contributed by atoms with van der Waals surface area (Å²) in [4.78, 5) is 18.5. The molecule has 2 heterocycles. The smallest absolute Gasteiger partial charge is 0.368 e. The van der Waals surface area contributed by atoms with Crippen LogP contribution in [0, 0.1) is 0 Å². The maximum Gasteiger partial charge on any atom is 0.416 e. The molecule has 0 bridgehead atoms. The summed E-state index contributed by atoms with van der Waals surface area (Å²) in [5.74, 6) is -0.338. The van der Waals surface area contributed by atoms with Crippen LogP contribution in [0.15, 0.2) is 29.6 Å². The largest absolute Gasteiger partial charge is 0.416 e. The first-order valence-electron chi connectivity index (χ1n) is 8.37. The van der Waals surface area contributed by atoms with Crippen molar-refractivity contribution < 1.29 is 18.0 Å². The van der Waals surface area contributed by atoms with Gasteiger partial charge >= 0.3 is 6.18 Å². The molecule has 1 aromatic heterocycles. The Balaban J connectivity index is 1.76. The molecule has 1 saturated heterocycles. The predicted octanol–water partition coefficient (Wildman–Crippen LogP) is 4.06. The van der Waals surface area contributed by atoms with E-state index in [1.165, 1.54) is 23.5 Å². The maximum atomic E-state index is 12.7. The van der Waals surface area contributed by atoms with Crippen LogP contribution in [0.4, 0.5) is 13.2 Å². The lowest BCUT2D eigenvalue weighted by molar-refractivity contribution is -0.137. The molecule has 1 unspecified atom stereocenters. The highest BCUT2D eigenvalue weighted by Gasteiger charge is 2.39. The molecule has 1 aliphatic heterocycles. The monoisotopic (exact) mass is 383 g/mol. The molecule has 2 N–H and O–H groups in total. The lowest BCUT2D eigenvalue weighted by Crippen LogP contribution is -2.57. The summed E-state index contributed by atoms with van der Waals surface area (Å²) in [6, 6.07) is 4.98. The Labute approximate surface area is 153 Å². The minimum atomic E-state index is -4.35. The number of piperidine rings is 1. The van der Waals surface area contributed by atoms with E-state index in [0.29, 0.717) is 17.1 Å². The van der Waals surface area contributed by atoms with Crippen LogP contribution in [-0.4, -0.2) is 27.9 Å². The highest BCUT2D eigenvalue weighted by atomic mass is 32.1. The van der Waals surface area contributed by atoms with Crippen molar-refractivity contribution in [3.8, 4) is 10.6 Å². The predicted molar refractivity (Wildman–Crippen MR) is 94.4 cm³/mol. The number of carbonyl (C=O) groups excluding carboxylic acids is 1. The van der Waals surface area contributed by atoms with Crippen molar-refractivity contribution in [2.45, 2.75) is 44.4 Å². The number of amides is 1. The minimum Gasteiger partial charge on any atom is -0.368 e. The number of hydrogen-bond donors (Lipinski definition) is 1. The summed E-state index contributed by atoms with van der Waals surface area (Å²) in [5.41, 5.74) is 5.67. The summed E-state index contributed by atoms with van der Waals surface area (Å²) < 4.78 is 38.0. The number of likely N-dealkylation sites (tertiary alicyclic amines) is 1. The third kappa shape index (κ3) is 3.76. The molecule has 3 rings (SSSR count). The van der Waals surface area contributed by atoms with Crippen LogP contribution in [0.3, 0.4) is 0 Å². The van der Waals surface area contributed by atoms with Gasteiger partial charge < -0.3 is 5.73 Å². The number of alkyl halides is 3. The minimum absolute atomic E-state index is 0.338. The van der Waals surface area contributed by atoms with E-state index in [9.17, 15) is 18.0 Å². The zero-order valence-corrected chi connectivity index (χ0v) is 15.2. The Morgan fingerprint density at radius 2 is 2.00 bits per heavy atom. The second-order valence-electron chi connectivity index (χ2n) is 6.74. The van der Waals surface area contributed by atoms with Gasteiger partial charge in [-0.05, 0) is 44.9 Å². The average Bonchev–Trinajstić information content (AvgIpc) is 3.05. The molecule has 1 fully saturated rings. The van der Waals surface area contributed by atoms with Crippen LogP contribution in [0.1, 0.15) is 37.4 Å². The molecule has 1 aromatic carbocycles. The van der Waals surface area contributed by atoms with Gasteiger partial charge in [-0.15, -0.1) is 11.3 Å². The van der Waals surface area contributed by atoms with Crippen molar-refractivity contribution in [3.05, 3.63) is 40.9 Å². The van der Waals surface area contributed by atoms with E-state index in [-0.39, 0.29) is 5.91 Å². The topological polar surface area (TPSA) is 59.2 Å². The molecule has 2 aromatic rings. The van der Waals surface area contributed by atoms with Gasteiger partial charge in [0.15, 0.2) is 0 Å². The molecule has 0 spiro atoms. The van der Waals surface area contributed by atoms with Crippen LogP contribution in [0.2, 0.25) is 0 Å². The molecule has 26 heavy (non-hydrogen) atoms. The fourth-order valence-electron chi connectivity index (χ4n) is 3.22. The van der Waals surface area contributed by atoms with Gasteiger partial charge in [0.25, 0.3) is 0 Å². The number of nitrogens with zero attached hydrogens (tertiary/aromatic N) is 2. The van der Waals surface area contributed by atoms with Gasteiger partial charge in [0.2, 0.25) is 5.91 Å². The number of aromatic nitrogens is 1. The van der Waals surface area contributed by atoms with Gasteiger partial charge in [0.1, 0.15) is 5.01 Å². The second kappa shape index (κ2) is 7.00. The number of rotatable bonds is 4. The van der Waals surface area contributed by atoms with Gasteiger partial charge in [0.05, 0.1) is 16.8 Å².